The molecule has 4 N–H and O–H groups in total. The standard InChI is InChI=1S/C17H27N3O2.ClH/c1-5-17(6-2,11-18)20-16(22)13-7-9-14(10-8-13)19-15(21)12(3)4;/h7-10,12H,5-6,11,18H2,1-4H3,(H,19,21)(H,20,22);1H. The third-order valence-corrected chi connectivity index (χ3v) is 4.06. The maximum Gasteiger partial charge on any atom is 0.251 e. The Bertz CT molecular complexity index is 503. The van der Waals surface area contributed by atoms with E-state index in [9.17, 15) is 9.59 Å². The number of halogens is 1. The average Bonchev–Trinajstić information content (AvgIpc) is 2.53. The van der Waals surface area contributed by atoms with Gasteiger partial charge in [0.1, 0.15) is 0 Å². The van der Waals surface area contributed by atoms with E-state index in [1.807, 2.05) is 27.7 Å². The van der Waals surface area contributed by atoms with Crippen LogP contribution in [0.5, 0.6) is 0 Å². The maximum absolute atomic E-state index is 12.3. The summed E-state index contributed by atoms with van der Waals surface area (Å²) in [4.78, 5) is 24.0. The molecule has 1 aromatic carbocycles. The van der Waals surface area contributed by atoms with Gasteiger partial charge in [-0.15, -0.1) is 12.4 Å². The minimum atomic E-state index is -0.360. The summed E-state index contributed by atoms with van der Waals surface area (Å²) >= 11 is 0. The lowest BCUT2D eigenvalue weighted by molar-refractivity contribution is -0.118. The average molecular weight is 342 g/mol. The highest BCUT2D eigenvalue weighted by molar-refractivity contribution is 5.96. The molecule has 0 aliphatic heterocycles. The summed E-state index contributed by atoms with van der Waals surface area (Å²) < 4.78 is 0. The molecule has 0 heterocycles. The third-order valence-electron chi connectivity index (χ3n) is 4.06. The van der Waals surface area contributed by atoms with Gasteiger partial charge in [0.25, 0.3) is 5.91 Å². The number of hydrogen-bond donors (Lipinski definition) is 3. The lowest BCUT2D eigenvalue weighted by atomic mass is 9.92. The Morgan fingerprint density at radius 1 is 1.13 bits per heavy atom. The number of benzene rings is 1. The van der Waals surface area contributed by atoms with Gasteiger partial charge in [0.2, 0.25) is 5.91 Å². The van der Waals surface area contributed by atoms with Crippen LogP contribution in [0.25, 0.3) is 0 Å². The highest BCUT2D eigenvalue weighted by atomic mass is 35.5. The van der Waals surface area contributed by atoms with E-state index in [1.165, 1.54) is 0 Å². The number of carbonyl (C=O) groups excluding carboxylic acids is 2. The summed E-state index contributed by atoms with van der Waals surface area (Å²) in [5.74, 6) is -0.269. The van der Waals surface area contributed by atoms with E-state index in [-0.39, 0.29) is 35.7 Å². The predicted molar refractivity (Wildman–Crippen MR) is 97.0 cm³/mol. The molecule has 5 nitrogen and oxygen atoms in total. The highest BCUT2D eigenvalue weighted by Crippen LogP contribution is 2.16. The highest BCUT2D eigenvalue weighted by Gasteiger charge is 2.26. The van der Waals surface area contributed by atoms with Gasteiger partial charge in [0, 0.05) is 23.7 Å². The minimum absolute atomic E-state index is 0. The van der Waals surface area contributed by atoms with Crippen molar-refractivity contribution in [1.29, 1.82) is 0 Å². The topological polar surface area (TPSA) is 84.2 Å². The molecule has 1 aromatic rings. The van der Waals surface area contributed by atoms with Crippen LogP contribution < -0.4 is 16.4 Å². The first-order chi connectivity index (χ1) is 10.4. The van der Waals surface area contributed by atoms with Crippen molar-refractivity contribution in [1.82, 2.24) is 5.32 Å². The SMILES string of the molecule is CCC(CC)(CN)NC(=O)c1ccc(NC(=O)C(C)C)cc1.Cl. The minimum Gasteiger partial charge on any atom is -0.345 e. The molecule has 0 radical (unpaired) electrons. The van der Waals surface area contributed by atoms with Crippen LogP contribution >= 0.6 is 12.4 Å². The van der Waals surface area contributed by atoms with Crippen molar-refractivity contribution >= 4 is 29.9 Å². The van der Waals surface area contributed by atoms with Gasteiger partial charge in [0.15, 0.2) is 0 Å². The van der Waals surface area contributed by atoms with Crippen LogP contribution in [0.2, 0.25) is 0 Å². The molecule has 2 amide bonds. The molecule has 0 bridgehead atoms. The fourth-order valence-corrected chi connectivity index (χ4v) is 2.07. The molecule has 0 aliphatic rings. The molecule has 0 saturated heterocycles. The Hall–Kier alpha value is -1.59. The number of anilines is 1. The van der Waals surface area contributed by atoms with Crippen LogP contribution in [0.15, 0.2) is 24.3 Å². The van der Waals surface area contributed by atoms with Crippen LogP contribution in [0.4, 0.5) is 5.69 Å². The molecule has 0 fully saturated rings. The van der Waals surface area contributed by atoms with Crippen molar-refractivity contribution in [3.63, 3.8) is 0 Å². The van der Waals surface area contributed by atoms with Crippen LogP contribution in [0.3, 0.4) is 0 Å². The van der Waals surface area contributed by atoms with E-state index in [1.54, 1.807) is 24.3 Å². The van der Waals surface area contributed by atoms with Crippen molar-refractivity contribution < 1.29 is 9.59 Å². The maximum atomic E-state index is 12.3. The van der Waals surface area contributed by atoms with E-state index < -0.39 is 0 Å². The first-order valence-corrected chi connectivity index (χ1v) is 7.81. The Kier molecular flexibility index (Phi) is 8.87. The fourth-order valence-electron chi connectivity index (χ4n) is 2.07. The Morgan fingerprint density at radius 3 is 2.04 bits per heavy atom. The van der Waals surface area contributed by atoms with Crippen LogP contribution in [0, 0.1) is 5.92 Å². The zero-order chi connectivity index (χ0) is 16.8. The summed E-state index contributed by atoms with van der Waals surface area (Å²) in [5.41, 5.74) is 6.68. The second-order valence-corrected chi connectivity index (χ2v) is 5.87. The Balaban J connectivity index is 0.00000484. The number of carbonyl (C=O) groups is 2. The zero-order valence-corrected chi connectivity index (χ0v) is 15.1. The summed E-state index contributed by atoms with van der Waals surface area (Å²) in [7, 11) is 0. The smallest absolute Gasteiger partial charge is 0.251 e. The molecule has 0 aliphatic carbocycles. The molecule has 0 atom stereocenters. The lowest BCUT2D eigenvalue weighted by Crippen LogP contribution is -2.52. The van der Waals surface area contributed by atoms with Gasteiger partial charge in [-0.25, -0.2) is 0 Å². The Morgan fingerprint density at radius 2 is 1.65 bits per heavy atom. The van der Waals surface area contributed by atoms with Gasteiger partial charge in [-0.05, 0) is 37.1 Å². The Labute approximate surface area is 144 Å². The van der Waals surface area contributed by atoms with Gasteiger partial charge < -0.3 is 16.4 Å². The van der Waals surface area contributed by atoms with E-state index >= 15 is 0 Å². The molecule has 23 heavy (non-hydrogen) atoms. The number of nitrogens with one attached hydrogen (secondary N) is 2. The van der Waals surface area contributed by atoms with Gasteiger partial charge in [-0.1, -0.05) is 27.7 Å². The van der Waals surface area contributed by atoms with Crippen LogP contribution in [-0.4, -0.2) is 23.9 Å². The van der Waals surface area contributed by atoms with Crippen molar-refractivity contribution in [2.45, 2.75) is 46.1 Å². The summed E-state index contributed by atoms with van der Waals surface area (Å²) in [6.07, 6.45) is 1.57. The molecule has 130 valence electrons. The first kappa shape index (κ1) is 21.4. The summed E-state index contributed by atoms with van der Waals surface area (Å²) in [6.45, 7) is 8.11. The van der Waals surface area contributed by atoms with Gasteiger partial charge in [-0.2, -0.15) is 0 Å². The fraction of sp³-hybridized carbons (Fsp3) is 0.529. The number of rotatable bonds is 7. The second-order valence-electron chi connectivity index (χ2n) is 5.87. The molecule has 0 aromatic heterocycles. The predicted octanol–water partition coefficient (Wildman–Crippen LogP) is 2.95. The number of nitrogens with two attached hydrogens (primary N) is 1. The van der Waals surface area contributed by atoms with Crippen LogP contribution in [0.1, 0.15) is 50.9 Å². The van der Waals surface area contributed by atoms with Gasteiger partial charge >= 0.3 is 0 Å². The van der Waals surface area contributed by atoms with E-state index in [4.69, 9.17) is 5.73 Å². The van der Waals surface area contributed by atoms with Crippen LogP contribution in [-0.2, 0) is 4.79 Å². The molecule has 0 spiro atoms. The third kappa shape index (κ3) is 5.84. The van der Waals surface area contributed by atoms with Crippen molar-refractivity contribution in [2.24, 2.45) is 11.7 Å². The largest absolute Gasteiger partial charge is 0.345 e. The molecule has 6 heteroatoms. The van der Waals surface area contributed by atoms with E-state index in [0.717, 1.165) is 12.8 Å². The van der Waals surface area contributed by atoms with Gasteiger partial charge in [0.05, 0.1) is 5.54 Å². The van der Waals surface area contributed by atoms with E-state index in [0.29, 0.717) is 17.8 Å². The van der Waals surface area contributed by atoms with Gasteiger partial charge in [-0.3, -0.25) is 9.59 Å². The molecular weight excluding hydrogens is 314 g/mol. The van der Waals surface area contributed by atoms with Crippen molar-refractivity contribution in [3.8, 4) is 0 Å². The molecule has 0 unspecified atom stereocenters. The van der Waals surface area contributed by atoms with Crippen molar-refractivity contribution in [3.05, 3.63) is 29.8 Å². The zero-order valence-electron chi connectivity index (χ0n) is 14.3. The van der Waals surface area contributed by atoms with E-state index in [2.05, 4.69) is 10.6 Å². The first-order valence-electron chi connectivity index (χ1n) is 7.81. The molecular formula is C17H28ClN3O2. The summed E-state index contributed by atoms with van der Waals surface area (Å²) in [5, 5.41) is 5.82. The normalized spacial score (nSPS) is 10.9. The lowest BCUT2D eigenvalue weighted by Gasteiger charge is -2.31. The van der Waals surface area contributed by atoms with Crippen molar-refractivity contribution in [2.75, 3.05) is 11.9 Å². The molecule has 0 saturated carbocycles. The summed E-state index contributed by atoms with van der Waals surface area (Å²) in [6, 6.07) is 6.88. The molecule has 1 rings (SSSR count). The number of amides is 2. The monoisotopic (exact) mass is 341 g/mol. The second kappa shape index (κ2) is 9.53. The number of hydrogen-bond acceptors (Lipinski definition) is 3. The quantitative estimate of drug-likeness (QED) is 0.712.